The van der Waals surface area contributed by atoms with Crippen molar-refractivity contribution in [3.63, 3.8) is 0 Å². The van der Waals surface area contributed by atoms with Crippen LogP contribution in [0.5, 0.6) is 0 Å². The highest BCUT2D eigenvalue weighted by Crippen LogP contribution is 2.31. The van der Waals surface area contributed by atoms with E-state index < -0.39 is 20.8 Å². The molecule has 0 saturated heterocycles. The highest BCUT2D eigenvalue weighted by molar-refractivity contribution is 7.99. The molecule has 0 aliphatic carbocycles. The summed E-state index contributed by atoms with van der Waals surface area (Å²) in [5.41, 5.74) is 2.25. The number of aryl methyl sites for hydroxylation is 1. The summed E-state index contributed by atoms with van der Waals surface area (Å²) in [6, 6.07) is 16.2. The highest BCUT2D eigenvalue weighted by Gasteiger charge is 2.31. The molecule has 0 aliphatic heterocycles. The summed E-state index contributed by atoms with van der Waals surface area (Å²) in [6.07, 6.45) is 0.259. The first-order valence-electron chi connectivity index (χ1n) is 9.81. The van der Waals surface area contributed by atoms with Crippen LogP contribution >= 0.6 is 31.6 Å². The van der Waals surface area contributed by atoms with Gasteiger partial charge in [0.2, 0.25) is 0 Å². The third-order valence-corrected chi connectivity index (χ3v) is 6.42. The molecule has 166 valence electrons. The minimum atomic E-state index is -3.66. The van der Waals surface area contributed by atoms with Gasteiger partial charge in [0.25, 0.3) is 0 Å². The number of hydrogen-bond acceptors (Lipinski definition) is 4. The fourth-order valence-corrected chi connectivity index (χ4v) is 4.51. The minimum Gasteiger partial charge on any atom is -0.326 e. The Morgan fingerprint density at radius 3 is 2.57 bits per heavy atom. The highest BCUT2D eigenvalue weighted by atomic mass is 35.5. The standard InChI is InChI=1S/C21H27ClF2NO3PS/c22-19-15-18(16-25-13-12-21(23,24)28-29(26)27)10-11-20(19)30-14-6-2-5-9-17-7-3-1-4-8-17/h1,3-4,7-8,10-11,15,25,29H,2,5-6,9,12-14,16H2,(H,26,27). The van der Waals surface area contributed by atoms with Crippen LogP contribution in [-0.2, 0) is 22.1 Å². The lowest BCUT2D eigenvalue weighted by molar-refractivity contribution is -0.179. The number of benzene rings is 2. The molecule has 0 amide bonds. The van der Waals surface area contributed by atoms with Crippen LogP contribution in [-0.4, -0.2) is 23.3 Å². The zero-order valence-corrected chi connectivity index (χ0v) is 19.2. The number of hydrogen-bond donors (Lipinski definition) is 2. The predicted octanol–water partition coefficient (Wildman–Crippen LogP) is 6.32. The third-order valence-electron chi connectivity index (χ3n) is 4.37. The average molecular weight is 478 g/mol. The molecular formula is C21H27ClF2NO3PS. The van der Waals surface area contributed by atoms with E-state index in [1.54, 1.807) is 11.8 Å². The summed E-state index contributed by atoms with van der Waals surface area (Å²) >= 11 is 8.07. The van der Waals surface area contributed by atoms with Crippen molar-refractivity contribution >= 4 is 31.6 Å². The number of rotatable bonds is 14. The van der Waals surface area contributed by atoms with Crippen LogP contribution in [0.15, 0.2) is 53.4 Å². The van der Waals surface area contributed by atoms with Crippen molar-refractivity contribution in [3.8, 4) is 0 Å². The minimum absolute atomic E-state index is 0.0563. The van der Waals surface area contributed by atoms with E-state index in [4.69, 9.17) is 16.5 Å². The largest absolute Gasteiger partial charge is 0.363 e. The average Bonchev–Trinajstić information content (AvgIpc) is 2.69. The van der Waals surface area contributed by atoms with Crippen molar-refractivity contribution in [3.05, 3.63) is 64.7 Å². The molecule has 1 unspecified atom stereocenters. The number of unbranched alkanes of at least 4 members (excludes halogenated alkanes) is 2. The Kier molecular flexibility index (Phi) is 11.4. The Labute approximate surface area is 186 Å². The number of alkyl halides is 2. The lowest BCUT2D eigenvalue weighted by Gasteiger charge is -2.15. The second kappa shape index (κ2) is 13.5. The lowest BCUT2D eigenvalue weighted by Crippen LogP contribution is -2.25. The fourth-order valence-electron chi connectivity index (χ4n) is 2.85. The Hall–Kier alpha value is -0.950. The first-order chi connectivity index (χ1) is 14.4. The summed E-state index contributed by atoms with van der Waals surface area (Å²) in [7, 11) is -3.66. The van der Waals surface area contributed by atoms with Gasteiger partial charge in [0.15, 0.2) is 0 Å². The molecule has 9 heteroatoms. The smallest absolute Gasteiger partial charge is 0.326 e. The fraction of sp³-hybridized carbons (Fsp3) is 0.429. The molecule has 30 heavy (non-hydrogen) atoms. The van der Waals surface area contributed by atoms with Gasteiger partial charge in [-0.2, -0.15) is 8.78 Å². The van der Waals surface area contributed by atoms with Gasteiger partial charge in [0.05, 0.1) is 11.4 Å². The molecule has 0 saturated carbocycles. The molecule has 0 fully saturated rings. The third kappa shape index (κ3) is 10.4. The molecule has 0 heterocycles. The summed E-state index contributed by atoms with van der Waals surface area (Å²) in [6.45, 7) is 0.313. The zero-order chi connectivity index (χ0) is 21.8. The Bertz CT molecular complexity index is 799. The van der Waals surface area contributed by atoms with Crippen molar-refractivity contribution in [2.24, 2.45) is 0 Å². The van der Waals surface area contributed by atoms with Gasteiger partial charge in [-0.1, -0.05) is 54.4 Å². The molecule has 0 aliphatic rings. The molecule has 4 nitrogen and oxygen atoms in total. The van der Waals surface area contributed by atoms with Crippen LogP contribution in [0.3, 0.4) is 0 Å². The van der Waals surface area contributed by atoms with Gasteiger partial charge in [0, 0.05) is 18.0 Å². The second-order valence-corrected chi connectivity index (χ2v) is 9.12. The maximum atomic E-state index is 13.2. The van der Waals surface area contributed by atoms with E-state index in [1.165, 1.54) is 18.4 Å². The van der Waals surface area contributed by atoms with Gasteiger partial charge in [-0.05, 0) is 48.3 Å². The Balaban J connectivity index is 1.63. The molecule has 2 aromatic carbocycles. The Morgan fingerprint density at radius 2 is 1.87 bits per heavy atom. The number of nitrogens with one attached hydrogen (secondary N) is 1. The van der Waals surface area contributed by atoms with Gasteiger partial charge in [0.1, 0.15) is 0 Å². The first-order valence-corrected chi connectivity index (χ1v) is 12.4. The monoisotopic (exact) mass is 477 g/mol. The summed E-state index contributed by atoms with van der Waals surface area (Å²) in [5, 5.41) is 3.51. The van der Waals surface area contributed by atoms with Crippen LogP contribution in [0.4, 0.5) is 8.78 Å². The van der Waals surface area contributed by atoms with E-state index in [2.05, 4.69) is 34.1 Å². The molecule has 2 rings (SSSR count). The molecule has 0 bridgehead atoms. The van der Waals surface area contributed by atoms with Crippen LogP contribution in [0, 0.1) is 0 Å². The number of thioether (sulfide) groups is 1. The van der Waals surface area contributed by atoms with E-state index in [0.29, 0.717) is 11.6 Å². The molecular weight excluding hydrogens is 451 g/mol. The second-order valence-electron chi connectivity index (χ2n) is 6.84. The summed E-state index contributed by atoms with van der Waals surface area (Å²) < 4.78 is 40.4. The SMILES string of the molecule is O=[PH](O)OC(F)(F)CCNCc1ccc(SCCCCCc2ccccc2)c(Cl)c1. The maximum absolute atomic E-state index is 13.2. The van der Waals surface area contributed by atoms with Gasteiger partial charge in [-0.3, -0.25) is 4.57 Å². The van der Waals surface area contributed by atoms with E-state index in [1.807, 2.05) is 24.3 Å². The number of halogens is 3. The summed E-state index contributed by atoms with van der Waals surface area (Å²) in [4.78, 5) is 9.45. The Morgan fingerprint density at radius 1 is 1.10 bits per heavy atom. The normalized spacial score (nSPS) is 12.8. The van der Waals surface area contributed by atoms with E-state index in [-0.39, 0.29) is 6.54 Å². The van der Waals surface area contributed by atoms with Crippen LogP contribution in [0.25, 0.3) is 0 Å². The van der Waals surface area contributed by atoms with E-state index in [0.717, 1.165) is 29.1 Å². The van der Waals surface area contributed by atoms with Gasteiger partial charge < -0.3 is 10.2 Å². The molecule has 0 radical (unpaired) electrons. The summed E-state index contributed by atoms with van der Waals surface area (Å²) in [5.74, 6) is 0.995. The quantitative estimate of drug-likeness (QED) is 0.189. The topological polar surface area (TPSA) is 58.6 Å². The van der Waals surface area contributed by atoms with Gasteiger partial charge in [-0.15, -0.1) is 11.8 Å². The molecule has 2 aromatic rings. The lowest BCUT2D eigenvalue weighted by atomic mass is 10.1. The van der Waals surface area contributed by atoms with Crippen LogP contribution in [0.1, 0.15) is 36.8 Å². The van der Waals surface area contributed by atoms with Crippen molar-refractivity contribution in [2.75, 3.05) is 12.3 Å². The predicted molar refractivity (Wildman–Crippen MR) is 120 cm³/mol. The molecule has 0 spiro atoms. The van der Waals surface area contributed by atoms with Gasteiger partial charge in [-0.25, -0.2) is 4.52 Å². The van der Waals surface area contributed by atoms with Gasteiger partial charge >= 0.3 is 14.4 Å². The first kappa shape index (κ1) is 25.3. The van der Waals surface area contributed by atoms with Crippen molar-refractivity contribution in [1.29, 1.82) is 0 Å². The van der Waals surface area contributed by atoms with Crippen molar-refractivity contribution < 1.29 is 22.8 Å². The zero-order valence-electron chi connectivity index (χ0n) is 16.6. The van der Waals surface area contributed by atoms with Crippen LogP contribution < -0.4 is 5.32 Å². The van der Waals surface area contributed by atoms with Crippen LogP contribution in [0.2, 0.25) is 5.02 Å². The van der Waals surface area contributed by atoms with E-state index >= 15 is 0 Å². The molecule has 1 atom stereocenters. The molecule has 0 aromatic heterocycles. The molecule has 2 N–H and O–H groups in total. The van der Waals surface area contributed by atoms with E-state index in [9.17, 15) is 13.3 Å². The maximum Gasteiger partial charge on any atom is 0.363 e. The van der Waals surface area contributed by atoms with Crippen molar-refractivity contribution in [2.45, 2.75) is 49.7 Å². The van der Waals surface area contributed by atoms with Crippen molar-refractivity contribution in [1.82, 2.24) is 5.32 Å².